The second-order valence-corrected chi connectivity index (χ2v) is 14.6. The quantitative estimate of drug-likeness (QED) is 0.185. The highest BCUT2D eigenvalue weighted by atomic mass is 16.5. The van der Waals surface area contributed by atoms with E-state index in [-0.39, 0.29) is 5.41 Å². The monoisotopic (exact) mass is 682 g/mol. The highest BCUT2D eigenvalue weighted by molar-refractivity contribution is 6.11. The molecule has 1 aromatic heterocycles. The Balaban J connectivity index is 1.15. The summed E-state index contributed by atoms with van der Waals surface area (Å²) in [4.78, 5) is 4.79. The summed E-state index contributed by atoms with van der Waals surface area (Å²) in [6.45, 7) is 4.67. The maximum absolute atomic E-state index is 6.67. The van der Waals surface area contributed by atoms with E-state index in [9.17, 15) is 0 Å². The topological polar surface area (TPSA) is 28.9 Å². The molecule has 252 valence electrons. The number of rotatable bonds is 4. The van der Waals surface area contributed by atoms with E-state index in [4.69, 9.17) is 9.15 Å². The number of para-hydroxylation sites is 3. The minimum absolute atomic E-state index is 0.327. The third kappa shape index (κ3) is 4.36. The molecule has 2 aliphatic heterocycles. The highest BCUT2D eigenvalue weighted by Gasteiger charge is 2.42. The van der Waals surface area contributed by atoms with Crippen molar-refractivity contribution in [1.29, 1.82) is 0 Å². The summed E-state index contributed by atoms with van der Waals surface area (Å²) in [5, 5.41) is 4.56. The molecule has 0 amide bonds. The second kappa shape index (κ2) is 11.1. The van der Waals surface area contributed by atoms with Crippen LogP contribution < -0.4 is 14.5 Å². The molecule has 0 aliphatic carbocycles. The average molecular weight is 683 g/mol. The molecule has 53 heavy (non-hydrogen) atoms. The van der Waals surface area contributed by atoms with Crippen molar-refractivity contribution >= 4 is 66.8 Å². The van der Waals surface area contributed by atoms with Gasteiger partial charge in [-0.2, -0.15) is 0 Å². The van der Waals surface area contributed by atoms with Crippen molar-refractivity contribution in [1.82, 2.24) is 0 Å². The molecule has 0 N–H and O–H groups in total. The van der Waals surface area contributed by atoms with E-state index in [1.807, 2.05) is 6.07 Å². The molecule has 3 heterocycles. The second-order valence-electron chi connectivity index (χ2n) is 14.6. The van der Waals surface area contributed by atoms with Gasteiger partial charge in [0.2, 0.25) is 0 Å². The zero-order valence-corrected chi connectivity index (χ0v) is 29.4. The first-order valence-electron chi connectivity index (χ1n) is 18.2. The van der Waals surface area contributed by atoms with Crippen LogP contribution in [0.5, 0.6) is 11.5 Å². The van der Waals surface area contributed by atoms with Gasteiger partial charge in [-0.05, 0) is 82.2 Å². The van der Waals surface area contributed by atoms with Gasteiger partial charge < -0.3 is 19.0 Å². The average Bonchev–Trinajstić information content (AvgIpc) is 3.60. The first kappa shape index (κ1) is 29.9. The van der Waals surface area contributed by atoms with Crippen LogP contribution in [0, 0.1) is 0 Å². The van der Waals surface area contributed by atoms with Gasteiger partial charge in [0.05, 0.1) is 22.7 Å². The standard InChI is InChI=1S/C49H34N2O2/c1-49(2)39-18-11-21-44-47(39)51(46-36-15-7-6-14-33(36)24-29-45(46)52-44)41-28-27-35(30-40(41)49)50(34-25-22-32(23-26-34)31-12-4-3-5-13-31)42-19-10-17-38-37-16-8-9-20-43(37)53-48(38)42/h3-30H,1-2H3. The van der Waals surface area contributed by atoms with Crippen LogP contribution in [0.2, 0.25) is 0 Å². The molecule has 8 aromatic carbocycles. The Morgan fingerprint density at radius 2 is 1.21 bits per heavy atom. The van der Waals surface area contributed by atoms with Crippen molar-refractivity contribution in [2.75, 3.05) is 9.80 Å². The maximum Gasteiger partial charge on any atom is 0.159 e. The van der Waals surface area contributed by atoms with Gasteiger partial charge in [-0.25, -0.2) is 0 Å². The van der Waals surface area contributed by atoms with Crippen LogP contribution in [0.25, 0.3) is 43.8 Å². The molecule has 0 spiro atoms. The van der Waals surface area contributed by atoms with Crippen LogP contribution in [0.4, 0.5) is 34.1 Å². The number of fused-ring (bicyclic) bond motifs is 9. The van der Waals surface area contributed by atoms with Gasteiger partial charge in [0.25, 0.3) is 0 Å². The summed E-state index contributed by atoms with van der Waals surface area (Å²) in [5.41, 5.74) is 12.7. The third-order valence-corrected chi connectivity index (χ3v) is 11.2. The Labute approximate surface area is 307 Å². The number of furan rings is 1. The van der Waals surface area contributed by atoms with Crippen molar-refractivity contribution in [3.8, 4) is 22.6 Å². The smallest absolute Gasteiger partial charge is 0.159 e. The number of benzene rings is 8. The van der Waals surface area contributed by atoms with E-state index in [2.05, 4.69) is 187 Å². The molecule has 9 aromatic rings. The summed E-state index contributed by atoms with van der Waals surface area (Å²) in [7, 11) is 0. The predicted octanol–water partition coefficient (Wildman–Crippen LogP) is 14.1. The van der Waals surface area contributed by atoms with E-state index in [1.54, 1.807) is 0 Å². The fourth-order valence-corrected chi connectivity index (χ4v) is 8.63. The number of nitrogens with zero attached hydrogens (tertiary/aromatic N) is 2. The molecule has 0 bridgehead atoms. The minimum atomic E-state index is -0.327. The summed E-state index contributed by atoms with van der Waals surface area (Å²) in [5.74, 6) is 1.74. The zero-order chi connectivity index (χ0) is 35.3. The summed E-state index contributed by atoms with van der Waals surface area (Å²) in [6, 6.07) is 60.5. The highest BCUT2D eigenvalue weighted by Crippen LogP contribution is 2.61. The van der Waals surface area contributed by atoms with E-state index in [1.165, 1.54) is 27.6 Å². The van der Waals surface area contributed by atoms with E-state index >= 15 is 0 Å². The Morgan fingerprint density at radius 3 is 2.08 bits per heavy atom. The summed E-state index contributed by atoms with van der Waals surface area (Å²) < 4.78 is 13.3. The number of hydrogen-bond donors (Lipinski definition) is 0. The van der Waals surface area contributed by atoms with Crippen LogP contribution >= 0.6 is 0 Å². The number of anilines is 6. The maximum atomic E-state index is 6.67. The lowest BCUT2D eigenvalue weighted by molar-refractivity contribution is 0.472. The zero-order valence-electron chi connectivity index (χ0n) is 29.4. The normalized spacial score (nSPS) is 13.7. The van der Waals surface area contributed by atoms with Gasteiger partial charge in [-0.15, -0.1) is 0 Å². The van der Waals surface area contributed by atoms with Crippen molar-refractivity contribution in [2.45, 2.75) is 19.3 Å². The Morgan fingerprint density at radius 1 is 0.509 bits per heavy atom. The molecule has 0 saturated carbocycles. The lowest BCUT2D eigenvalue weighted by Gasteiger charge is -2.45. The first-order valence-corrected chi connectivity index (χ1v) is 18.2. The molecular weight excluding hydrogens is 649 g/mol. The van der Waals surface area contributed by atoms with Gasteiger partial charge in [-0.3, -0.25) is 0 Å². The Hall–Kier alpha value is -6.78. The fourth-order valence-electron chi connectivity index (χ4n) is 8.63. The summed E-state index contributed by atoms with van der Waals surface area (Å²) in [6.07, 6.45) is 0. The SMILES string of the molecule is CC1(C)c2cc(N(c3ccc(-c4ccccc4)cc3)c3cccc4c3oc3ccccc34)ccc2N2c3c(cccc31)Oc1ccc3ccccc3c12. The van der Waals surface area contributed by atoms with E-state index in [0.29, 0.717) is 0 Å². The summed E-state index contributed by atoms with van der Waals surface area (Å²) >= 11 is 0. The molecule has 0 saturated heterocycles. The van der Waals surface area contributed by atoms with E-state index in [0.717, 1.165) is 72.9 Å². The van der Waals surface area contributed by atoms with Gasteiger partial charge in [0.15, 0.2) is 17.1 Å². The molecule has 4 heteroatoms. The van der Waals surface area contributed by atoms with Crippen LogP contribution in [-0.4, -0.2) is 0 Å². The molecule has 2 aliphatic rings. The van der Waals surface area contributed by atoms with Gasteiger partial charge >= 0.3 is 0 Å². The van der Waals surface area contributed by atoms with Gasteiger partial charge in [0, 0.05) is 32.9 Å². The minimum Gasteiger partial charge on any atom is -0.454 e. The fraction of sp³-hybridized carbons (Fsp3) is 0.0612. The van der Waals surface area contributed by atoms with Crippen LogP contribution in [0.1, 0.15) is 25.0 Å². The van der Waals surface area contributed by atoms with Gasteiger partial charge in [0.1, 0.15) is 5.58 Å². The Bertz CT molecular complexity index is 2910. The lowest BCUT2D eigenvalue weighted by atomic mass is 9.73. The van der Waals surface area contributed by atoms with Gasteiger partial charge in [-0.1, -0.05) is 129 Å². The van der Waals surface area contributed by atoms with E-state index < -0.39 is 0 Å². The largest absolute Gasteiger partial charge is 0.454 e. The van der Waals surface area contributed by atoms with Crippen molar-refractivity contribution in [3.63, 3.8) is 0 Å². The molecule has 0 unspecified atom stereocenters. The molecule has 11 rings (SSSR count). The van der Waals surface area contributed by atoms with Crippen molar-refractivity contribution < 1.29 is 9.15 Å². The lowest BCUT2D eigenvalue weighted by Crippen LogP contribution is -2.32. The van der Waals surface area contributed by atoms with Crippen LogP contribution in [0.3, 0.4) is 0 Å². The molecule has 0 atom stereocenters. The molecule has 4 nitrogen and oxygen atoms in total. The molecule has 0 radical (unpaired) electrons. The number of ether oxygens (including phenoxy) is 1. The number of hydrogen-bond acceptors (Lipinski definition) is 4. The first-order chi connectivity index (χ1) is 26.0. The third-order valence-electron chi connectivity index (χ3n) is 11.2. The Kier molecular flexibility index (Phi) is 6.27. The molecular formula is C49H34N2O2. The predicted molar refractivity (Wildman–Crippen MR) is 218 cm³/mol. The van der Waals surface area contributed by atoms with Crippen molar-refractivity contribution in [3.05, 3.63) is 181 Å². The molecule has 0 fully saturated rings. The van der Waals surface area contributed by atoms with Crippen molar-refractivity contribution in [2.24, 2.45) is 0 Å². The van der Waals surface area contributed by atoms with Crippen LogP contribution in [0.15, 0.2) is 174 Å². The van der Waals surface area contributed by atoms with Crippen LogP contribution in [-0.2, 0) is 5.41 Å².